The standard InChI is InChI=1S/C30H31ClN4O5/c1-19(2)34(29(37)21-6-10-22(31)11-7-21)18-28(36)33-30-32-25(20-8-13-24(38-3)14-9-20)17-35(30)23-12-15-26(39-4)27(16-23)40-5/h6-17,19H,18H2,1-5H3,(H,32,33,36). The fourth-order valence-corrected chi connectivity index (χ4v) is 4.23. The number of carbonyl (C=O) groups excluding carboxylic acids is 2. The van der Waals surface area contributed by atoms with Crippen LogP contribution in [-0.2, 0) is 4.79 Å². The van der Waals surface area contributed by atoms with Crippen LogP contribution in [0.2, 0.25) is 5.02 Å². The Hall–Kier alpha value is -4.50. The molecule has 0 saturated heterocycles. The van der Waals surface area contributed by atoms with Crippen LogP contribution in [0.5, 0.6) is 17.2 Å². The van der Waals surface area contributed by atoms with Crippen molar-refractivity contribution >= 4 is 29.4 Å². The van der Waals surface area contributed by atoms with Crippen LogP contribution >= 0.6 is 11.6 Å². The summed E-state index contributed by atoms with van der Waals surface area (Å²) in [6, 6.07) is 19.2. The van der Waals surface area contributed by atoms with Crippen LogP contribution in [0, 0.1) is 0 Å². The van der Waals surface area contributed by atoms with Gasteiger partial charge in [-0.25, -0.2) is 4.98 Å². The third kappa shape index (κ3) is 6.38. The predicted molar refractivity (Wildman–Crippen MR) is 155 cm³/mol. The summed E-state index contributed by atoms with van der Waals surface area (Å²) in [5, 5.41) is 3.42. The molecule has 10 heteroatoms. The highest BCUT2D eigenvalue weighted by Crippen LogP contribution is 2.32. The van der Waals surface area contributed by atoms with E-state index in [9.17, 15) is 9.59 Å². The van der Waals surface area contributed by atoms with Crippen molar-refractivity contribution in [3.8, 4) is 34.2 Å². The van der Waals surface area contributed by atoms with Crippen LogP contribution in [0.1, 0.15) is 24.2 Å². The number of ether oxygens (including phenoxy) is 3. The minimum Gasteiger partial charge on any atom is -0.497 e. The Morgan fingerprint density at radius 2 is 1.60 bits per heavy atom. The third-order valence-corrected chi connectivity index (χ3v) is 6.53. The molecular formula is C30H31ClN4O5. The number of amides is 2. The summed E-state index contributed by atoms with van der Waals surface area (Å²) in [5.74, 6) is 1.42. The Labute approximate surface area is 238 Å². The molecule has 1 N–H and O–H groups in total. The minimum absolute atomic E-state index is 0.171. The lowest BCUT2D eigenvalue weighted by Gasteiger charge is -2.26. The maximum atomic E-state index is 13.3. The van der Waals surface area contributed by atoms with Crippen LogP contribution in [0.3, 0.4) is 0 Å². The number of carbonyl (C=O) groups is 2. The number of nitrogens with one attached hydrogen (secondary N) is 1. The van der Waals surface area contributed by atoms with Gasteiger partial charge in [-0.05, 0) is 74.5 Å². The minimum atomic E-state index is -0.398. The number of benzene rings is 3. The highest BCUT2D eigenvalue weighted by molar-refractivity contribution is 6.30. The quantitative estimate of drug-likeness (QED) is 0.266. The van der Waals surface area contributed by atoms with Gasteiger partial charge >= 0.3 is 0 Å². The summed E-state index contributed by atoms with van der Waals surface area (Å²) in [7, 11) is 4.72. The summed E-state index contributed by atoms with van der Waals surface area (Å²) in [5.41, 5.74) is 2.60. The second-order valence-electron chi connectivity index (χ2n) is 9.17. The normalized spacial score (nSPS) is 10.8. The Morgan fingerprint density at radius 3 is 2.20 bits per heavy atom. The van der Waals surface area contributed by atoms with Gasteiger partial charge in [0.15, 0.2) is 11.5 Å². The van der Waals surface area contributed by atoms with Crippen LogP contribution in [0.25, 0.3) is 16.9 Å². The molecule has 0 bridgehead atoms. The number of nitrogens with zero attached hydrogens (tertiary/aromatic N) is 3. The summed E-state index contributed by atoms with van der Waals surface area (Å²) in [4.78, 5) is 32.7. The number of hydrogen-bond donors (Lipinski definition) is 1. The van der Waals surface area contributed by atoms with Crippen LogP contribution in [-0.4, -0.2) is 60.2 Å². The Morgan fingerprint density at radius 1 is 0.925 bits per heavy atom. The van der Waals surface area contributed by atoms with E-state index in [1.54, 1.807) is 62.3 Å². The molecule has 1 heterocycles. The lowest BCUT2D eigenvalue weighted by molar-refractivity contribution is -0.117. The van der Waals surface area contributed by atoms with E-state index in [-0.39, 0.29) is 24.4 Å². The van der Waals surface area contributed by atoms with E-state index < -0.39 is 5.91 Å². The highest BCUT2D eigenvalue weighted by atomic mass is 35.5. The van der Waals surface area contributed by atoms with Gasteiger partial charge < -0.3 is 19.1 Å². The maximum Gasteiger partial charge on any atom is 0.254 e. The number of aromatic nitrogens is 2. The van der Waals surface area contributed by atoms with E-state index in [0.29, 0.717) is 33.5 Å². The van der Waals surface area contributed by atoms with E-state index >= 15 is 0 Å². The van der Waals surface area contributed by atoms with Crippen molar-refractivity contribution in [3.05, 3.63) is 83.5 Å². The van der Waals surface area contributed by atoms with E-state index in [1.807, 2.05) is 50.4 Å². The molecule has 3 aromatic carbocycles. The van der Waals surface area contributed by atoms with Gasteiger partial charge in [-0.2, -0.15) is 0 Å². The molecule has 0 unspecified atom stereocenters. The van der Waals surface area contributed by atoms with Crippen LogP contribution in [0.15, 0.2) is 72.9 Å². The highest BCUT2D eigenvalue weighted by Gasteiger charge is 2.23. The molecule has 1 aromatic heterocycles. The zero-order valence-corrected chi connectivity index (χ0v) is 23.7. The molecule has 9 nitrogen and oxygen atoms in total. The van der Waals surface area contributed by atoms with Crippen molar-refractivity contribution in [2.24, 2.45) is 0 Å². The molecule has 0 fully saturated rings. The summed E-state index contributed by atoms with van der Waals surface area (Å²) in [6.07, 6.45) is 1.82. The fourth-order valence-electron chi connectivity index (χ4n) is 4.11. The number of rotatable bonds is 10. The van der Waals surface area contributed by atoms with E-state index in [2.05, 4.69) is 5.32 Å². The summed E-state index contributed by atoms with van der Waals surface area (Å²) in [6.45, 7) is 3.54. The molecule has 0 saturated carbocycles. The summed E-state index contributed by atoms with van der Waals surface area (Å²) >= 11 is 5.98. The van der Waals surface area contributed by atoms with Gasteiger partial charge in [-0.15, -0.1) is 0 Å². The molecule has 0 spiro atoms. The number of methoxy groups -OCH3 is 3. The molecule has 40 heavy (non-hydrogen) atoms. The SMILES string of the molecule is COc1ccc(-c2cn(-c3ccc(OC)c(OC)c3)c(NC(=O)CN(C(=O)c3ccc(Cl)cc3)C(C)C)n2)cc1. The monoisotopic (exact) mass is 562 g/mol. The number of anilines is 1. The van der Waals surface area contributed by atoms with Gasteiger partial charge in [-0.3, -0.25) is 19.5 Å². The molecule has 0 radical (unpaired) electrons. The van der Waals surface area contributed by atoms with E-state index in [0.717, 1.165) is 11.3 Å². The lowest BCUT2D eigenvalue weighted by Crippen LogP contribution is -2.42. The lowest BCUT2D eigenvalue weighted by atomic mass is 10.1. The van der Waals surface area contributed by atoms with Crippen molar-refractivity contribution in [3.63, 3.8) is 0 Å². The molecule has 208 valence electrons. The largest absolute Gasteiger partial charge is 0.497 e. The zero-order valence-electron chi connectivity index (χ0n) is 23.0. The van der Waals surface area contributed by atoms with Crippen molar-refractivity contribution in [1.29, 1.82) is 0 Å². The van der Waals surface area contributed by atoms with Gasteiger partial charge in [0.05, 0.1) is 32.7 Å². The molecule has 0 atom stereocenters. The number of hydrogen-bond acceptors (Lipinski definition) is 6. The first-order valence-electron chi connectivity index (χ1n) is 12.6. The second kappa shape index (κ2) is 12.6. The van der Waals surface area contributed by atoms with Gasteiger partial charge in [0.25, 0.3) is 5.91 Å². The van der Waals surface area contributed by atoms with E-state index in [1.165, 1.54) is 4.90 Å². The van der Waals surface area contributed by atoms with Crippen LogP contribution in [0.4, 0.5) is 5.95 Å². The third-order valence-electron chi connectivity index (χ3n) is 6.28. The van der Waals surface area contributed by atoms with Gasteiger partial charge in [-0.1, -0.05) is 11.6 Å². The molecule has 4 aromatic rings. The van der Waals surface area contributed by atoms with Crippen molar-refractivity contribution in [1.82, 2.24) is 14.5 Å². The van der Waals surface area contributed by atoms with Crippen LogP contribution < -0.4 is 19.5 Å². The predicted octanol–water partition coefficient (Wildman–Crippen LogP) is 5.71. The summed E-state index contributed by atoms with van der Waals surface area (Å²) < 4.78 is 17.9. The number of halogens is 1. The average molecular weight is 563 g/mol. The zero-order chi connectivity index (χ0) is 28.8. The first-order chi connectivity index (χ1) is 19.2. The van der Waals surface area contributed by atoms with Gasteiger partial charge in [0, 0.05) is 34.5 Å². The second-order valence-corrected chi connectivity index (χ2v) is 9.61. The van der Waals surface area contributed by atoms with E-state index in [4.69, 9.17) is 30.8 Å². The van der Waals surface area contributed by atoms with Gasteiger partial charge in [0.2, 0.25) is 11.9 Å². The molecular weight excluding hydrogens is 532 g/mol. The Bertz CT molecular complexity index is 1480. The van der Waals surface area contributed by atoms with Gasteiger partial charge in [0.1, 0.15) is 12.3 Å². The fraction of sp³-hybridized carbons (Fsp3) is 0.233. The first kappa shape index (κ1) is 28.5. The van der Waals surface area contributed by atoms with Crippen molar-refractivity contribution in [2.45, 2.75) is 19.9 Å². The molecule has 4 rings (SSSR count). The molecule has 2 amide bonds. The topological polar surface area (TPSA) is 94.9 Å². The Balaban J connectivity index is 1.66. The Kier molecular flexibility index (Phi) is 8.96. The average Bonchev–Trinajstić information content (AvgIpc) is 3.38. The molecule has 0 aliphatic carbocycles. The molecule has 0 aliphatic rings. The first-order valence-corrected chi connectivity index (χ1v) is 12.9. The number of imidazole rings is 1. The van der Waals surface area contributed by atoms with Crippen molar-refractivity contribution in [2.75, 3.05) is 33.2 Å². The smallest absolute Gasteiger partial charge is 0.254 e. The van der Waals surface area contributed by atoms with Crippen molar-refractivity contribution < 1.29 is 23.8 Å². The molecule has 0 aliphatic heterocycles. The maximum absolute atomic E-state index is 13.3.